The van der Waals surface area contributed by atoms with Crippen molar-refractivity contribution in [3.05, 3.63) is 70.0 Å². The molecule has 0 saturated heterocycles. The highest BCUT2D eigenvalue weighted by Crippen LogP contribution is 2.13. The van der Waals surface area contributed by atoms with E-state index < -0.39 is 5.91 Å². The summed E-state index contributed by atoms with van der Waals surface area (Å²) in [6.45, 7) is 0.369. The summed E-state index contributed by atoms with van der Waals surface area (Å²) in [5.41, 5.74) is 0.978. The van der Waals surface area contributed by atoms with Gasteiger partial charge in [0, 0.05) is 6.54 Å². The summed E-state index contributed by atoms with van der Waals surface area (Å²) in [5, 5.41) is 6.96. The van der Waals surface area contributed by atoms with Crippen molar-refractivity contribution in [2.45, 2.75) is 6.42 Å². The number of oxazole rings is 1. The molecule has 25 heavy (non-hydrogen) atoms. The third-order valence-electron chi connectivity index (χ3n) is 3.31. The van der Waals surface area contributed by atoms with Gasteiger partial charge in [-0.15, -0.1) is 11.3 Å². The van der Waals surface area contributed by atoms with Crippen molar-refractivity contribution in [3.63, 3.8) is 0 Å². The average Bonchev–Trinajstić information content (AvgIpc) is 3.28. The van der Waals surface area contributed by atoms with Gasteiger partial charge in [-0.05, 0) is 35.6 Å². The second-order valence-electron chi connectivity index (χ2n) is 5.10. The Morgan fingerprint density at radius 2 is 1.96 bits per heavy atom. The zero-order valence-electron chi connectivity index (χ0n) is 13.0. The molecular formula is C17H14FN3O3S. The highest BCUT2D eigenvalue weighted by Gasteiger charge is 2.15. The van der Waals surface area contributed by atoms with E-state index in [2.05, 4.69) is 15.6 Å². The van der Waals surface area contributed by atoms with Crippen molar-refractivity contribution in [2.75, 3.05) is 11.9 Å². The van der Waals surface area contributed by atoms with Crippen LogP contribution < -0.4 is 10.6 Å². The SMILES string of the molecule is O=C(NCCc1ccc(F)cc1)c1coc(NC(=O)c2cccs2)n1. The van der Waals surface area contributed by atoms with Crippen molar-refractivity contribution >= 4 is 29.2 Å². The normalized spacial score (nSPS) is 10.4. The first-order valence-corrected chi connectivity index (χ1v) is 8.33. The van der Waals surface area contributed by atoms with Crippen LogP contribution in [0.5, 0.6) is 0 Å². The largest absolute Gasteiger partial charge is 0.431 e. The van der Waals surface area contributed by atoms with Crippen LogP contribution in [0.4, 0.5) is 10.4 Å². The number of nitrogens with zero attached hydrogens (tertiary/aromatic N) is 1. The summed E-state index contributed by atoms with van der Waals surface area (Å²) in [6, 6.07) is 9.46. The first kappa shape index (κ1) is 16.8. The lowest BCUT2D eigenvalue weighted by Crippen LogP contribution is -2.26. The molecule has 2 heterocycles. The Labute approximate surface area is 146 Å². The second kappa shape index (κ2) is 7.71. The fourth-order valence-electron chi connectivity index (χ4n) is 2.06. The van der Waals surface area contributed by atoms with Crippen molar-refractivity contribution in [1.82, 2.24) is 10.3 Å². The minimum atomic E-state index is -0.414. The summed E-state index contributed by atoms with van der Waals surface area (Å²) in [7, 11) is 0. The Bertz CT molecular complexity index is 860. The molecule has 0 saturated carbocycles. The number of carbonyl (C=O) groups is 2. The number of thiophene rings is 1. The van der Waals surface area contributed by atoms with Gasteiger partial charge in [0.05, 0.1) is 4.88 Å². The lowest BCUT2D eigenvalue weighted by molar-refractivity contribution is 0.0948. The minimum Gasteiger partial charge on any atom is -0.431 e. The van der Waals surface area contributed by atoms with Crippen molar-refractivity contribution in [3.8, 4) is 0 Å². The molecule has 6 nitrogen and oxygen atoms in total. The van der Waals surface area contributed by atoms with E-state index >= 15 is 0 Å². The summed E-state index contributed by atoms with van der Waals surface area (Å²) in [5.74, 6) is -1.06. The standard InChI is InChI=1S/C17H14FN3O3S/c18-12-5-3-11(4-6-12)7-8-19-15(22)13-10-24-17(20-13)21-16(23)14-2-1-9-25-14/h1-6,9-10H,7-8H2,(H,19,22)(H,20,21,23). The van der Waals surface area contributed by atoms with Crippen LogP contribution in [0, 0.1) is 5.82 Å². The topological polar surface area (TPSA) is 84.2 Å². The van der Waals surface area contributed by atoms with E-state index in [1.165, 1.54) is 29.7 Å². The summed E-state index contributed by atoms with van der Waals surface area (Å²) >= 11 is 1.29. The Balaban J connectivity index is 1.50. The number of rotatable bonds is 6. The molecule has 2 amide bonds. The van der Waals surface area contributed by atoms with Gasteiger partial charge in [-0.1, -0.05) is 18.2 Å². The number of hydrogen-bond donors (Lipinski definition) is 2. The van der Waals surface area contributed by atoms with Crippen molar-refractivity contribution in [1.29, 1.82) is 0 Å². The summed E-state index contributed by atoms with van der Waals surface area (Å²) in [6.07, 6.45) is 1.74. The molecule has 3 aromatic rings. The Kier molecular flexibility index (Phi) is 5.20. The molecule has 0 atom stereocenters. The van der Waals surface area contributed by atoms with E-state index in [-0.39, 0.29) is 23.4 Å². The molecular weight excluding hydrogens is 345 g/mol. The maximum absolute atomic E-state index is 12.8. The number of amides is 2. The van der Waals surface area contributed by atoms with Gasteiger partial charge in [-0.3, -0.25) is 14.9 Å². The van der Waals surface area contributed by atoms with E-state index in [0.29, 0.717) is 17.8 Å². The maximum atomic E-state index is 12.8. The number of carbonyl (C=O) groups excluding carboxylic acids is 2. The maximum Gasteiger partial charge on any atom is 0.302 e. The smallest absolute Gasteiger partial charge is 0.302 e. The summed E-state index contributed by atoms with van der Waals surface area (Å²) < 4.78 is 17.9. The molecule has 1 aromatic carbocycles. The number of halogens is 1. The van der Waals surface area contributed by atoms with Gasteiger partial charge >= 0.3 is 6.01 Å². The third kappa shape index (κ3) is 4.51. The van der Waals surface area contributed by atoms with E-state index in [0.717, 1.165) is 5.56 Å². The van der Waals surface area contributed by atoms with Crippen LogP contribution in [0.3, 0.4) is 0 Å². The Hall–Kier alpha value is -3.00. The van der Waals surface area contributed by atoms with E-state index in [1.54, 1.807) is 29.6 Å². The number of nitrogens with one attached hydrogen (secondary N) is 2. The number of anilines is 1. The van der Waals surface area contributed by atoms with Gasteiger partial charge in [-0.2, -0.15) is 4.98 Å². The van der Waals surface area contributed by atoms with Crippen LogP contribution in [0.1, 0.15) is 25.7 Å². The molecule has 128 valence electrons. The van der Waals surface area contributed by atoms with Crippen LogP contribution in [0.2, 0.25) is 0 Å². The van der Waals surface area contributed by atoms with Gasteiger partial charge in [0.2, 0.25) is 0 Å². The predicted octanol–water partition coefficient (Wildman–Crippen LogP) is 3.10. The molecule has 8 heteroatoms. The molecule has 0 spiro atoms. The zero-order valence-corrected chi connectivity index (χ0v) is 13.8. The van der Waals surface area contributed by atoms with Crippen molar-refractivity contribution < 1.29 is 18.4 Å². The number of benzene rings is 1. The van der Waals surface area contributed by atoms with E-state index in [9.17, 15) is 14.0 Å². The Morgan fingerprint density at radius 3 is 2.68 bits per heavy atom. The van der Waals surface area contributed by atoms with Crippen LogP contribution in [0.25, 0.3) is 0 Å². The first-order chi connectivity index (χ1) is 12.1. The van der Waals surface area contributed by atoms with Crippen molar-refractivity contribution in [2.24, 2.45) is 0 Å². The zero-order chi connectivity index (χ0) is 17.6. The number of hydrogen-bond acceptors (Lipinski definition) is 5. The first-order valence-electron chi connectivity index (χ1n) is 7.45. The highest BCUT2D eigenvalue weighted by atomic mass is 32.1. The predicted molar refractivity (Wildman–Crippen MR) is 91.2 cm³/mol. The second-order valence-corrected chi connectivity index (χ2v) is 6.05. The van der Waals surface area contributed by atoms with Crippen LogP contribution in [-0.2, 0) is 6.42 Å². The average molecular weight is 359 g/mol. The molecule has 0 aliphatic carbocycles. The summed E-state index contributed by atoms with van der Waals surface area (Å²) in [4.78, 5) is 28.4. The molecule has 0 aliphatic heterocycles. The van der Waals surface area contributed by atoms with Crippen LogP contribution >= 0.6 is 11.3 Å². The fourth-order valence-corrected chi connectivity index (χ4v) is 2.68. The lowest BCUT2D eigenvalue weighted by atomic mass is 10.1. The van der Waals surface area contributed by atoms with Gasteiger partial charge in [-0.25, -0.2) is 4.39 Å². The quantitative estimate of drug-likeness (QED) is 0.708. The molecule has 0 radical (unpaired) electrons. The monoisotopic (exact) mass is 359 g/mol. The van der Waals surface area contributed by atoms with E-state index in [1.807, 2.05) is 0 Å². The van der Waals surface area contributed by atoms with Gasteiger partial charge in [0.1, 0.15) is 12.1 Å². The minimum absolute atomic E-state index is 0.0397. The van der Waals surface area contributed by atoms with Crippen LogP contribution in [0.15, 0.2) is 52.5 Å². The van der Waals surface area contributed by atoms with Gasteiger partial charge < -0.3 is 9.73 Å². The molecule has 0 unspecified atom stereocenters. The van der Waals surface area contributed by atoms with Crippen LogP contribution in [-0.4, -0.2) is 23.3 Å². The molecule has 0 fully saturated rings. The molecule has 3 rings (SSSR count). The third-order valence-corrected chi connectivity index (χ3v) is 4.18. The molecule has 0 bridgehead atoms. The van der Waals surface area contributed by atoms with Gasteiger partial charge in [0.15, 0.2) is 5.69 Å². The molecule has 0 aliphatic rings. The van der Waals surface area contributed by atoms with Gasteiger partial charge in [0.25, 0.3) is 11.8 Å². The molecule has 2 N–H and O–H groups in total. The molecule has 2 aromatic heterocycles. The Morgan fingerprint density at radius 1 is 1.16 bits per heavy atom. The van der Waals surface area contributed by atoms with E-state index in [4.69, 9.17) is 4.42 Å². The fraction of sp³-hybridized carbons (Fsp3) is 0.118. The number of aromatic nitrogens is 1. The highest BCUT2D eigenvalue weighted by molar-refractivity contribution is 7.12. The lowest BCUT2D eigenvalue weighted by Gasteiger charge is -2.03.